The Labute approximate surface area is 182 Å². The minimum absolute atomic E-state index is 0.363. The molecule has 1 aliphatic heterocycles. The molecule has 3 heteroatoms. The Morgan fingerprint density at radius 2 is 2.07 bits per heavy atom. The maximum atomic E-state index is 9.96. The van der Waals surface area contributed by atoms with Gasteiger partial charge in [0.1, 0.15) is 5.75 Å². The molecule has 5 atom stereocenters. The molecule has 1 saturated heterocycles. The number of phenolic OH excluding ortho intramolecular Hbond substituents is 1. The molecular formula is C27H39NO2. The van der Waals surface area contributed by atoms with Crippen LogP contribution >= 0.6 is 0 Å². The first-order valence-electron chi connectivity index (χ1n) is 12.4. The largest absolute Gasteiger partial charge is 0.508 e. The standard InChI is InChI=1S/C27H39NO2/c1-19-17-20-18-22(29)6-7-23(20)24-9-11-27(2)21(5-8-25(27)26(19)24)10-15-30-16-14-28-12-3-4-13-28/h6-7,10,18-19,24-26,29H,3-5,8-9,11-17H2,1-2H3/t19-,24?,25?,26?,27-/m1/s1. The van der Waals surface area contributed by atoms with Gasteiger partial charge in [0.05, 0.1) is 13.2 Å². The third-order valence-electron chi connectivity index (χ3n) is 9.10. The first-order valence-corrected chi connectivity index (χ1v) is 12.4. The van der Waals surface area contributed by atoms with Gasteiger partial charge in [-0.3, -0.25) is 0 Å². The van der Waals surface area contributed by atoms with Crippen LogP contribution in [-0.4, -0.2) is 42.9 Å². The first-order chi connectivity index (χ1) is 14.6. The molecule has 1 aromatic rings. The van der Waals surface area contributed by atoms with Crippen molar-refractivity contribution in [2.24, 2.45) is 23.2 Å². The van der Waals surface area contributed by atoms with Gasteiger partial charge < -0.3 is 14.7 Å². The van der Waals surface area contributed by atoms with E-state index in [1.165, 1.54) is 62.7 Å². The molecule has 4 aliphatic rings. The Morgan fingerprint density at radius 3 is 2.90 bits per heavy atom. The van der Waals surface area contributed by atoms with E-state index < -0.39 is 0 Å². The normalized spacial score (nSPS) is 37.2. The maximum Gasteiger partial charge on any atom is 0.115 e. The topological polar surface area (TPSA) is 32.7 Å². The highest BCUT2D eigenvalue weighted by atomic mass is 16.5. The lowest BCUT2D eigenvalue weighted by Gasteiger charge is -2.52. The number of fused-ring (bicyclic) bond motifs is 5. The summed E-state index contributed by atoms with van der Waals surface area (Å²) in [6.45, 7) is 10.3. The third kappa shape index (κ3) is 3.62. The van der Waals surface area contributed by atoms with Crippen LogP contribution in [0.25, 0.3) is 0 Å². The molecule has 1 N–H and O–H groups in total. The van der Waals surface area contributed by atoms with Crippen molar-refractivity contribution in [2.45, 2.75) is 64.7 Å². The third-order valence-corrected chi connectivity index (χ3v) is 9.10. The molecule has 0 amide bonds. The number of phenols is 1. The van der Waals surface area contributed by atoms with Crippen molar-refractivity contribution in [1.29, 1.82) is 0 Å². The average molecular weight is 410 g/mol. The van der Waals surface area contributed by atoms with Gasteiger partial charge >= 0.3 is 0 Å². The number of nitrogens with zero attached hydrogens (tertiary/aromatic N) is 1. The van der Waals surface area contributed by atoms with Crippen molar-refractivity contribution in [1.82, 2.24) is 4.90 Å². The Morgan fingerprint density at radius 1 is 1.23 bits per heavy atom. The maximum absolute atomic E-state index is 9.96. The van der Waals surface area contributed by atoms with E-state index in [0.717, 1.165) is 38.0 Å². The average Bonchev–Trinajstić information content (AvgIpc) is 3.35. The van der Waals surface area contributed by atoms with Gasteiger partial charge in [-0.15, -0.1) is 0 Å². The summed E-state index contributed by atoms with van der Waals surface area (Å²) in [5, 5.41) is 9.96. The number of hydrogen-bond donors (Lipinski definition) is 1. The fourth-order valence-corrected chi connectivity index (χ4v) is 7.59. The van der Waals surface area contributed by atoms with Crippen molar-refractivity contribution in [3.63, 3.8) is 0 Å². The van der Waals surface area contributed by atoms with E-state index >= 15 is 0 Å². The van der Waals surface area contributed by atoms with Crippen LogP contribution in [0, 0.1) is 23.2 Å². The van der Waals surface area contributed by atoms with E-state index in [9.17, 15) is 5.11 Å². The molecule has 0 radical (unpaired) electrons. The molecule has 3 fully saturated rings. The second-order valence-electron chi connectivity index (χ2n) is 10.7. The quantitative estimate of drug-likeness (QED) is 0.512. The Kier molecular flexibility index (Phi) is 5.70. The lowest BCUT2D eigenvalue weighted by molar-refractivity contribution is 0.0483. The summed E-state index contributed by atoms with van der Waals surface area (Å²) >= 11 is 0. The van der Waals surface area contributed by atoms with Crippen molar-refractivity contribution >= 4 is 0 Å². The number of allylic oxidation sites excluding steroid dienone is 1. The van der Waals surface area contributed by atoms with E-state index in [2.05, 4.69) is 30.9 Å². The van der Waals surface area contributed by atoms with E-state index in [4.69, 9.17) is 4.74 Å². The molecule has 0 aromatic heterocycles. The number of aromatic hydroxyl groups is 1. The van der Waals surface area contributed by atoms with Crippen LogP contribution in [0.15, 0.2) is 29.8 Å². The zero-order valence-corrected chi connectivity index (χ0v) is 18.9. The monoisotopic (exact) mass is 409 g/mol. The summed E-state index contributed by atoms with van der Waals surface area (Å²) in [4.78, 5) is 2.53. The van der Waals surface area contributed by atoms with Gasteiger partial charge in [0.15, 0.2) is 0 Å². The molecule has 3 unspecified atom stereocenters. The Hall–Kier alpha value is -1.32. The second kappa shape index (κ2) is 8.31. The molecule has 2 saturated carbocycles. The van der Waals surface area contributed by atoms with Crippen molar-refractivity contribution in [2.75, 3.05) is 32.8 Å². The highest BCUT2D eigenvalue weighted by Gasteiger charge is 2.54. The fourth-order valence-electron chi connectivity index (χ4n) is 7.59. The zero-order valence-electron chi connectivity index (χ0n) is 18.9. The number of ether oxygens (including phenoxy) is 1. The molecule has 5 rings (SSSR count). The van der Waals surface area contributed by atoms with E-state index in [-0.39, 0.29) is 0 Å². The van der Waals surface area contributed by atoms with Gasteiger partial charge in [0, 0.05) is 6.54 Å². The van der Waals surface area contributed by atoms with Crippen LogP contribution in [-0.2, 0) is 11.2 Å². The van der Waals surface area contributed by atoms with Gasteiger partial charge in [-0.1, -0.05) is 31.6 Å². The fraction of sp³-hybridized carbons (Fsp3) is 0.704. The van der Waals surface area contributed by atoms with E-state index in [0.29, 0.717) is 23.0 Å². The lowest BCUT2D eigenvalue weighted by atomic mass is 9.52. The van der Waals surface area contributed by atoms with E-state index in [1.807, 2.05) is 12.1 Å². The molecule has 1 heterocycles. The Bertz CT molecular complexity index is 796. The minimum Gasteiger partial charge on any atom is -0.508 e. The van der Waals surface area contributed by atoms with Crippen molar-refractivity contribution < 1.29 is 9.84 Å². The van der Waals surface area contributed by atoms with Crippen LogP contribution in [0.5, 0.6) is 5.75 Å². The molecule has 3 aliphatic carbocycles. The summed E-state index contributed by atoms with van der Waals surface area (Å²) in [6, 6.07) is 6.14. The van der Waals surface area contributed by atoms with Crippen molar-refractivity contribution in [3.8, 4) is 5.75 Å². The SMILES string of the molecule is C[C@@H]1Cc2cc(O)ccc2C2CC[C@]3(C)C(=CCOCCN4CCCC4)CCC3C21. The predicted molar refractivity (Wildman–Crippen MR) is 122 cm³/mol. The van der Waals surface area contributed by atoms with E-state index in [1.54, 1.807) is 5.57 Å². The molecule has 30 heavy (non-hydrogen) atoms. The Balaban J connectivity index is 1.26. The summed E-state index contributed by atoms with van der Waals surface area (Å²) < 4.78 is 6.03. The molecule has 1 aromatic carbocycles. The molecule has 0 bridgehead atoms. The smallest absolute Gasteiger partial charge is 0.115 e. The van der Waals surface area contributed by atoms with Gasteiger partial charge in [0.2, 0.25) is 0 Å². The summed E-state index contributed by atoms with van der Waals surface area (Å²) in [5.74, 6) is 3.38. The highest BCUT2D eigenvalue weighted by molar-refractivity contribution is 5.41. The zero-order chi connectivity index (χ0) is 20.7. The van der Waals surface area contributed by atoms with Gasteiger partial charge in [-0.05, 0) is 110 Å². The summed E-state index contributed by atoms with van der Waals surface area (Å²) in [5.41, 5.74) is 4.96. The van der Waals surface area contributed by atoms with Crippen LogP contribution in [0.3, 0.4) is 0 Å². The number of benzene rings is 1. The van der Waals surface area contributed by atoms with Gasteiger partial charge in [-0.2, -0.15) is 0 Å². The summed E-state index contributed by atoms with van der Waals surface area (Å²) in [6.07, 6.45) is 11.5. The number of rotatable bonds is 5. The predicted octanol–water partition coefficient (Wildman–Crippen LogP) is 5.53. The highest BCUT2D eigenvalue weighted by Crippen LogP contribution is 2.63. The number of likely N-dealkylation sites (tertiary alicyclic amines) is 1. The van der Waals surface area contributed by atoms with Crippen molar-refractivity contribution in [3.05, 3.63) is 41.0 Å². The minimum atomic E-state index is 0.363. The van der Waals surface area contributed by atoms with Crippen LogP contribution < -0.4 is 0 Å². The van der Waals surface area contributed by atoms with Crippen LogP contribution in [0.2, 0.25) is 0 Å². The first kappa shape index (κ1) is 20.6. The van der Waals surface area contributed by atoms with Crippen LogP contribution in [0.4, 0.5) is 0 Å². The molecule has 0 spiro atoms. The second-order valence-corrected chi connectivity index (χ2v) is 10.7. The van der Waals surface area contributed by atoms with Gasteiger partial charge in [-0.25, -0.2) is 0 Å². The molecule has 164 valence electrons. The molecule has 3 nitrogen and oxygen atoms in total. The van der Waals surface area contributed by atoms with Gasteiger partial charge in [0.25, 0.3) is 0 Å². The summed E-state index contributed by atoms with van der Waals surface area (Å²) in [7, 11) is 0. The lowest BCUT2D eigenvalue weighted by Crippen LogP contribution is -2.43. The number of hydrogen-bond acceptors (Lipinski definition) is 3. The molecular weight excluding hydrogens is 370 g/mol. The van der Waals surface area contributed by atoms with Crippen LogP contribution in [0.1, 0.15) is 69.4 Å².